The van der Waals surface area contributed by atoms with Crippen molar-refractivity contribution < 1.29 is 0 Å². The van der Waals surface area contributed by atoms with Crippen molar-refractivity contribution in [1.82, 2.24) is 10.3 Å². The summed E-state index contributed by atoms with van der Waals surface area (Å²) in [6.07, 6.45) is 1.95. The zero-order valence-corrected chi connectivity index (χ0v) is 14.4. The molecule has 2 aromatic rings. The van der Waals surface area contributed by atoms with Gasteiger partial charge in [0.1, 0.15) is 5.82 Å². The van der Waals surface area contributed by atoms with Gasteiger partial charge in [-0.2, -0.15) is 0 Å². The Morgan fingerprint density at radius 3 is 2.57 bits per heavy atom. The second-order valence-electron chi connectivity index (χ2n) is 5.51. The maximum atomic E-state index is 4.55. The van der Waals surface area contributed by atoms with E-state index < -0.39 is 0 Å². The Labute approximate surface area is 135 Å². The molecule has 112 valence electrons. The number of nitrogens with one attached hydrogen (secondary N) is 1. The van der Waals surface area contributed by atoms with E-state index in [9.17, 15) is 0 Å². The van der Waals surface area contributed by atoms with E-state index in [1.807, 2.05) is 12.3 Å². The number of pyridine rings is 1. The number of rotatable bonds is 6. The molecule has 0 saturated heterocycles. The van der Waals surface area contributed by atoms with Gasteiger partial charge in [-0.05, 0) is 23.3 Å². The Balaban J connectivity index is 2.00. The third-order valence-electron chi connectivity index (χ3n) is 3.28. The van der Waals surface area contributed by atoms with Gasteiger partial charge in [-0.15, -0.1) is 0 Å². The fourth-order valence-electron chi connectivity index (χ4n) is 2.03. The lowest BCUT2D eigenvalue weighted by Gasteiger charge is -2.19. The van der Waals surface area contributed by atoms with E-state index in [0.29, 0.717) is 6.04 Å². The van der Waals surface area contributed by atoms with Crippen LogP contribution in [0.3, 0.4) is 0 Å². The molecule has 0 atom stereocenters. The average molecular weight is 348 g/mol. The van der Waals surface area contributed by atoms with Crippen LogP contribution in [0.2, 0.25) is 0 Å². The summed E-state index contributed by atoms with van der Waals surface area (Å²) in [4.78, 5) is 6.71. The largest absolute Gasteiger partial charge is 0.355 e. The minimum Gasteiger partial charge on any atom is -0.355 e. The van der Waals surface area contributed by atoms with Crippen LogP contribution in [0.15, 0.2) is 47.1 Å². The molecule has 0 spiro atoms. The van der Waals surface area contributed by atoms with Crippen LogP contribution < -0.4 is 10.2 Å². The summed E-state index contributed by atoms with van der Waals surface area (Å²) < 4.78 is 1.13. The molecule has 0 aliphatic rings. The van der Waals surface area contributed by atoms with Gasteiger partial charge in [-0.25, -0.2) is 4.98 Å². The van der Waals surface area contributed by atoms with Crippen LogP contribution in [0.5, 0.6) is 0 Å². The summed E-state index contributed by atoms with van der Waals surface area (Å²) in [6.45, 7) is 5.98. The summed E-state index contributed by atoms with van der Waals surface area (Å²) in [5.74, 6) is 0.985. The van der Waals surface area contributed by atoms with Crippen LogP contribution in [-0.2, 0) is 13.1 Å². The van der Waals surface area contributed by atoms with Crippen molar-refractivity contribution in [2.45, 2.75) is 33.0 Å². The molecule has 4 heteroatoms. The van der Waals surface area contributed by atoms with Crippen LogP contribution >= 0.6 is 15.9 Å². The van der Waals surface area contributed by atoms with Crippen LogP contribution in [-0.4, -0.2) is 18.1 Å². The van der Waals surface area contributed by atoms with Gasteiger partial charge in [0.25, 0.3) is 0 Å². The van der Waals surface area contributed by atoms with E-state index in [0.717, 1.165) is 23.4 Å². The number of benzene rings is 1. The van der Waals surface area contributed by atoms with Crippen molar-refractivity contribution in [2.24, 2.45) is 0 Å². The topological polar surface area (TPSA) is 28.2 Å². The minimum atomic E-state index is 0.489. The van der Waals surface area contributed by atoms with Gasteiger partial charge in [-0.3, -0.25) is 0 Å². The van der Waals surface area contributed by atoms with Gasteiger partial charge < -0.3 is 10.2 Å². The van der Waals surface area contributed by atoms with Gasteiger partial charge in [0.15, 0.2) is 0 Å². The van der Waals surface area contributed by atoms with Gasteiger partial charge >= 0.3 is 0 Å². The first-order chi connectivity index (χ1) is 10.1. The van der Waals surface area contributed by atoms with Crippen molar-refractivity contribution in [2.75, 3.05) is 11.9 Å². The standard InChI is InChI=1S/C17H22BrN3/c1-13(2)19-10-14-8-9-17(20-11-14)21(3)12-15-6-4-5-7-16(15)18/h4-9,11,13,19H,10,12H2,1-3H3. The minimum absolute atomic E-state index is 0.489. The lowest BCUT2D eigenvalue weighted by molar-refractivity contribution is 0.588. The number of halogens is 1. The Kier molecular flexibility index (Phi) is 5.76. The first kappa shape index (κ1) is 16.0. The number of hydrogen-bond acceptors (Lipinski definition) is 3. The third kappa shape index (κ3) is 4.83. The normalized spacial score (nSPS) is 10.9. The maximum absolute atomic E-state index is 4.55. The molecule has 0 unspecified atom stereocenters. The highest BCUT2D eigenvalue weighted by Crippen LogP contribution is 2.19. The molecule has 0 radical (unpaired) electrons. The van der Waals surface area contributed by atoms with Crippen molar-refractivity contribution in [1.29, 1.82) is 0 Å². The Morgan fingerprint density at radius 2 is 1.95 bits per heavy atom. The van der Waals surface area contributed by atoms with Gasteiger partial charge in [0.05, 0.1) is 0 Å². The number of hydrogen-bond donors (Lipinski definition) is 1. The molecule has 0 fully saturated rings. The smallest absolute Gasteiger partial charge is 0.128 e. The first-order valence-corrected chi connectivity index (χ1v) is 7.98. The van der Waals surface area contributed by atoms with E-state index >= 15 is 0 Å². The number of nitrogens with zero attached hydrogens (tertiary/aromatic N) is 2. The molecule has 0 saturated carbocycles. The van der Waals surface area contributed by atoms with E-state index in [2.05, 4.69) is 82.4 Å². The molecule has 0 amide bonds. The zero-order valence-electron chi connectivity index (χ0n) is 12.8. The molecule has 21 heavy (non-hydrogen) atoms. The molecular formula is C17H22BrN3. The van der Waals surface area contributed by atoms with Crippen molar-refractivity contribution in [3.05, 3.63) is 58.2 Å². The highest BCUT2D eigenvalue weighted by atomic mass is 79.9. The summed E-state index contributed by atoms with van der Waals surface area (Å²) in [6, 6.07) is 13.0. The first-order valence-electron chi connectivity index (χ1n) is 7.19. The molecule has 1 N–H and O–H groups in total. The predicted molar refractivity (Wildman–Crippen MR) is 92.5 cm³/mol. The van der Waals surface area contributed by atoms with Crippen LogP contribution in [0, 0.1) is 0 Å². The predicted octanol–water partition coefficient (Wildman–Crippen LogP) is 3.98. The lowest BCUT2D eigenvalue weighted by Crippen LogP contribution is -2.22. The molecular weight excluding hydrogens is 326 g/mol. The molecule has 1 aromatic heterocycles. The highest BCUT2D eigenvalue weighted by Gasteiger charge is 2.06. The molecule has 0 bridgehead atoms. The van der Waals surface area contributed by atoms with E-state index in [-0.39, 0.29) is 0 Å². The van der Waals surface area contributed by atoms with Gasteiger partial charge in [-0.1, -0.05) is 54.0 Å². The van der Waals surface area contributed by atoms with E-state index in [1.165, 1.54) is 11.1 Å². The Hall–Kier alpha value is -1.39. The zero-order chi connectivity index (χ0) is 15.2. The molecule has 2 rings (SSSR count). The lowest BCUT2D eigenvalue weighted by atomic mass is 10.2. The van der Waals surface area contributed by atoms with E-state index in [4.69, 9.17) is 0 Å². The van der Waals surface area contributed by atoms with E-state index in [1.54, 1.807) is 0 Å². The molecule has 0 aliphatic carbocycles. The monoisotopic (exact) mass is 347 g/mol. The quantitative estimate of drug-likeness (QED) is 0.856. The molecule has 0 aliphatic heterocycles. The molecule has 3 nitrogen and oxygen atoms in total. The Bertz CT molecular complexity index is 567. The fraction of sp³-hybridized carbons (Fsp3) is 0.353. The Morgan fingerprint density at radius 1 is 1.19 bits per heavy atom. The van der Waals surface area contributed by atoms with Crippen molar-refractivity contribution >= 4 is 21.7 Å². The fourth-order valence-corrected chi connectivity index (χ4v) is 2.44. The van der Waals surface area contributed by atoms with Crippen molar-refractivity contribution in [3.63, 3.8) is 0 Å². The summed E-state index contributed by atoms with van der Waals surface area (Å²) >= 11 is 3.59. The van der Waals surface area contributed by atoms with Gasteiger partial charge in [0, 0.05) is 36.8 Å². The number of aromatic nitrogens is 1. The number of anilines is 1. The summed E-state index contributed by atoms with van der Waals surface area (Å²) in [5.41, 5.74) is 2.47. The highest BCUT2D eigenvalue weighted by molar-refractivity contribution is 9.10. The molecule has 1 aromatic carbocycles. The summed E-state index contributed by atoms with van der Waals surface area (Å²) in [5, 5.41) is 3.40. The maximum Gasteiger partial charge on any atom is 0.128 e. The van der Waals surface area contributed by atoms with Crippen LogP contribution in [0.4, 0.5) is 5.82 Å². The second-order valence-corrected chi connectivity index (χ2v) is 6.36. The molecule has 1 heterocycles. The van der Waals surface area contributed by atoms with Gasteiger partial charge in [0.2, 0.25) is 0 Å². The average Bonchev–Trinajstić information content (AvgIpc) is 2.48. The third-order valence-corrected chi connectivity index (χ3v) is 4.05. The SMILES string of the molecule is CC(C)NCc1ccc(N(C)Cc2ccccc2Br)nc1. The van der Waals surface area contributed by atoms with Crippen LogP contribution in [0.25, 0.3) is 0 Å². The summed E-state index contributed by atoms with van der Waals surface area (Å²) in [7, 11) is 2.06. The van der Waals surface area contributed by atoms with Crippen molar-refractivity contribution in [3.8, 4) is 0 Å². The second kappa shape index (κ2) is 7.57. The van der Waals surface area contributed by atoms with Crippen LogP contribution in [0.1, 0.15) is 25.0 Å².